The van der Waals surface area contributed by atoms with Gasteiger partial charge in [0.15, 0.2) is 0 Å². The number of rotatable bonds is 29. The zero-order valence-corrected chi connectivity index (χ0v) is 31.8. The fourth-order valence-corrected chi connectivity index (χ4v) is 8.01. The summed E-state index contributed by atoms with van der Waals surface area (Å²) in [6.07, 6.45) is 19.9. The molecule has 3 unspecified atom stereocenters. The van der Waals surface area contributed by atoms with E-state index < -0.39 is 44.1 Å². The Hall–Kier alpha value is 0.0200. The molecule has 0 bridgehead atoms. The third-order valence-electron chi connectivity index (χ3n) is 8.93. The molecule has 6 atom stereocenters. The van der Waals surface area contributed by atoms with Crippen LogP contribution >= 0.6 is 19.6 Å². The Morgan fingerprint density at radius 1 is 0.939 bits per heavy atom. The van der Waals surface area contributed by atoms with E-state index in [0.717, 1.165) is 12.2 Å². The number of nitrogens with zero attached hydrogens (tertiary/aromatic N) is 1. The molecular weight excluding hydrogens is 678 g/mol. The zero-order valence-electron chi connectivity index (χ0n) is 30.1. The van der Waals surface area contributed by atoms with Crippen LogP contribution in [-0.4, -0.2) is 98.2 Å². The molecule has 0 radical (unpaired) electrons. The topological polar surface area (TPSA) is 149 Å². The van der Waals surface area contributed by atoms with Crippen LogP contribution in [0.4, 0.5) is 0 Å². The van der Waals surface area contributed by atoms with Crippen LogP contribution < -0.4 is 11.2 Å². The van der Waals surface area contributed by atoms with Crippen molar-refractivity contribution in [3.63, 3.8) is 0 Å². The molecule has 0 aromatic carbocycles. The summed E-state index contributed by atoms with van der Waals surface area (Å²) in [5, 5.41) is 10.8. The van der Waals surface area contributed by atoms with Crippen LogP contribution in [0.25, 0.3) is 0 Å². The number of unbranched alkanes of at least 4 members (excludes halogenated alkanes) is 13. The molecule has 1 aromatic rings. The molecular formula is C35H66N2NaO9PS. The van der Waals surface area contributed by atoms with E-state index in [1.54, 1.807) is 6.92 Å². The van der Waals surface area contributed by atoms with Gasteiger partial charge in [-0.2, -0.15) is 11.8 Å². The van der Waals surface area contributed by atoms with Crippen molar-refractivity contribution in [3.05, 3.63) is 32.6 Å². The van der Waals surface area contributed by atoms with Crippen LogP contribution in [0.15, 0.2) is 15.8 Å². The van der Waals surface area contributed by atoms with E-state index in [4.69, 9.17) is 18.5 Å². The first kappa shape index (κ1) is 47.0. The van der Waals surface area contributed by atoms with Gasteiger partial charge in [-0.25, -0.2) is 9.36 Å². The number of phosphoric acid groups is 1. The molecule has 0 aliphatic carbocycles. The molecule has 11 nitrogen and oxygen atoms in total. The van der Waals surface area contributed by atoms with Crippen LogP contribution in [0.5, 0.6) is 0 Å². The van der Waals surface area contributed by atoms with Crippen molar-refractivity contribution in [3.8, 4) is 0 Å². The standard InChI is InChI=1S/C35H65N2O9PS.Na.H/c1-5-7-9-11-12-13-14-15-17-19-24-48-32(21-18-16-10-8-6-2)29(4)43-22-20-23-44-47(41,42)45-27-31-30(38)25-33(46-31)37-26-28(3)34(39)36-35(37)40;;/h26,29-33,38H,5-25,27H2,1-4H3,(H,41,42)(H,36,39,40);;/t29?,30-,31+,32?,33+;;/m0../s1. The van der Waals surface area contributed by atoms with E-state index in [1.165, 1.54) is 107 Å². The van der Waals surface area contributed by atoms with Gasteiger partial charge in [0.05, 0.1) is 25.4 Å². The van der Waals surface area contributed by atoms with Crippen LogP contribution in [0.1, 0.15) is 148 Å². The average Bonchev–Trinajstić information content (AvgIpc) is 3.42. The number of nitrogens with one attached hydrogen (secondary N) is 1. The van der Waals surface area contributed by atoms with Crippen LogP contribution in [0.2, 0.25) is 0 Å². The van der Waals surface area contributed by atoms with E-state index in [9.17, 15) is 24.2 Å². The van der Waals surface area contributed by atoms with Gasteiger partial charge in [-0.3, -0.25) is 23.4 Å². The molecule has 1 saturated heterocycles. The maximum atomic E-state index is 12.5. The average molecular weight is 745 g/mol. The van der Waals surface area contributed by atoms with Gasteiger partial charge in [-0.05, 0) is 38.9 Å². The first-order valence-corrected chi connectivity index (χ1v) is 21.1. The van der Waals surface area contributed by atoms with Crippen molar-refractivity contribution in [2.45, 2.75) is 173 Å². The third-order valence-corrected chi connectivity index (χ3v) is 11.5. The molecule has 1 aromatic heterocycles. The van der Waals surface area contributed by atoms with Gasteiger partial charge in [0.2, 0.25) is 0 Å². The van der Waals surface area contributed by atoms with Crippen LogP contribution in [0, 0.1) is 6.92 Å². The second kappa shape index (κ2) is 27.6. The second-order valence-electron chi connectivity index (χ2n) is 13.2. The number of hydrogen-bond acceptors (Lipinski definition) is 9. The van der Waals surface area contributed by atoms with Gasteiger partial charge < -0.3 is 19.5 Å². The first-order chi connectivity index (χ1) is 23.1. The Labute approximate surface area is 321 Å². The third kappa shape index (κ3) is 20.2. The fourth-order valence-electron chi connectivity index (χ4n) is 5.88. The van der Waals surface area contributed by atoms with E-state index >= 15 is 0 Å². The molecule has 0 spiro atoms. The predicted octanol–water partition coefficient (Wildman–Crippen LogP) is 7.16. The summed E-state index contributed by atoms with van der Waals surface area (Å²) in [6.45, 7) is 8.18. The molecule has 0 saturated carbocycles. The molecule has 1 fully saturated rings. The van der Waals surface area contributed by atoms with Crippen molar-refractivity contribution in [2.75, 3.05) is 25.6 Å². The maximum absolute atomic E-state index is 12.5. The monoisotopic (exact) mass is 744 g/mol. The number of aryl methyl sites for hydroxylation is 1. The molecule has 49 heavy (non-hydrogen) atoms. The van der Waals surface area contributed by atoms with Crippen molar-refractivity contribution in [1.82, 2.24) is 9.55 Å². The number of H-pyrrole nitrogens is 1. The van der Waals surface area contributed by atoms with Crippen molar-refractivity contribution in [2.24, 2.45) is 0 Å². The van der Waals surface area contributed by atoms with Gasteiger partial charge in [0, 0.05) is 30.0 Å². The number of thioether (sulfide) groups is 1. The number of phosphoric ester groups is 1. The van der Waals surface area contributed by atoms with Crippen LogP contribution in [-0.2, 0) is 23.1 Å². The Bertz CT molecular complexity index is 1160. The van der Waals surface area contributed by atoms with Crippen molar-refractivity contribution >= 4 is 49.1 Å². The molecule has 3 N–H and O–H groups in total. The van der Waals surface area contributed by atoms with Crippen LogP contribution in [0.3, 0.4) is 0 Å². The first-order valence-electron chi connectivity index (χ1n) is 18.6. The Morgan fingerprint density at radius 2 is 1.53 bits per heavy atom. The SMILES string of the molecule is CCCCCCCCCCCCSC(CCCCCCC)C(C)OCCCOP(=O)(O)OC[C@H]1O[C@@H](n2cc(C)c(=O)[nH]c2=O)C[C@@H]1O.[NaH]. The number of hydrogen-bond donors (Lipinski definition) is 3. The van der Waals surface area contributed by atoms with Gasteiger partial charge in [-0.1, -0.05) is 104 Å². The minimum atomic E-state index is -4.40. The van der Waals surface area contributed by atoms with Crippen molar-refractivity contribution < 1.29 is 33.1 Å². The summed E-state index contributed by atoms with van der Waals surface area (Å²) in [5.74, 6) is 1.15. The van der Waals surface area contributed by atoms with Gasteiger partial charge in [0.1, 0.15) is 12.3 Å². The fraction of sp³-hybridized carbons (Fsp3) is 0.886. The molecule has 282 valence electrons. The molecule has 14 heteroatoms. The summed E-state index contributed by atoms with van der Waals surface area (Å²) in [5.41, 5.74) is -0.841. The van der Waals surface area contributed by atoms with Gasteiger partial charge >= 0.3 is 43.1 Å². The van der Waals surface area contributed by atoms with E-state index in [-0.39, 0.29) is 48.7 Å². The van der Waals surface area contributed by atoms with Gasteiger partial charge in [0.25, 0.3) is 5.56 Å². The summed E-state index contributed by atoms with van der Waals surface area (Å²) in [4.78, 5) is 36.2. The minimum absolute atomic E-state index is 0. The predicted molar refractivity (Wildman–Crippen MR) is 201 cm³/mol. The molecule has 2 rings (SSSR count). The number of aromatic nitrogens is 2. The Morgan fingerprint density at radius 3 is 2.16 bits per heavy atom. The molecule has 2 heterocycles. The number of aliphatic hydroxyl groups is 1. The number of ether oxygens (including phenoxy) is 2. The van der Waals surface area contributed by atoms with E-state index in [0.29, 0.717) is 23.8 Å². The van der Waals surface area contributed by atoms with Gasteiger partial charge in [-0.15, -0.1) is 0 Å². The Kier molecular flexibility index (Phi) is 26.5. The normalized spacial score (nSPS) is 20.2. The summed E-state index contributed by atoms with van der Waals surface area (Å²) in [7, 11) is -4.40. The second-order valence-corrected chi connectivity index (χ2v) is 16.0. The Balaban J connectivity index is 0.0000120. The summed E-state index contributed by atoms with van der Waals surface area (Å²) < 4.78 is 35.8. The van der Waals surface area contributed by atoms with E-state index in [2.05, 4.69) is 25.8 Å². The summed E-state index contributed by atoms with van der Waals surface area (Å²) >= 11 is 2.03. The number of aromatic amines is 1. The zero-order chi connectivity index (χ0) is 35.2. The number of aliphatic hydroxyl groups excluding tert-OH is 1. The van der Waals surface area contributed by atoms with E-state index in [1.807, 2.05) is 11.8 Å². The molecule has 0 amide bonds. The van der Waals surface area contributed by atoms with Crippen molar-refractivity contribution in [1.29, 1.82) is 0 Å². The quantitative estimate of drug-likeness (QED) is 0.0439. The molecule has 1 aliphatic rings. The molecule has 1 aliphatic heterocycles. The summed E-state index contributed by atoms with van der Waals surface area (Å²) in [6, 6.07) is 0.